The Balaban J connectivity index is 1.98. The van der Waals surface area contributed by atoms with E-state index in [2.05, 4.69) is 6.92 Å². The second-order valence-electron chi connectivity index (χ2n) is 13.8. The molecule has 0 aromatic rings. The van der Waals surface area contributed by atoms with Gasteiger partial charge >= 0.3 is 11.9 Å². The lowest BCUT2D eigenvalue weighted by Gasteiger charge is -2.39. The standard InChI is InChI=1S/C38H72O10/c1-3-4-5-6-7-8-9-10-11-12-13-14-15-16-17-18-19-20-21-22-23-24-25-26-27-34(41)47-32(29-45-31(2)40)30-46-38-37(44)36(43)35(42)33(28-39)48-38/h32-33,35-39,42-44H,3-30H2,1-2H3. The van der Waals surface area contributed by atoms with Gasteiger partial charge < -0.3 is 39.4 Å². The van der Waals surface area contributed by atoms with Crippen LogP contribution in [0.1, 0.15) is 174 Å². The molecule has 1 heterocycles. The van der Waals surface area contributed by atoms with Crippen LogP contribution in [0.5, 0.6) is 0 Å². The van der Waals surface area contributed by atoms with E-state index in [0.717, 1.165) is 19.3 Å². The van der Waals surface area contributed by atoms with Gasteiger partial charge in [0, 0.05) is 13.3 Å². The maximum absolute atomic E-state index is 12.4. The highest BCUT2D eigenvalue weighted by Crippen LogP contribution is 2.22. The Kier molecular flexibility index (Phi) is 28.4. The minimum atomic E-state index is -1.58. The molecule has 10 nitrogen and oxygen atoms in total. The summed E-state index contributed by atoms with van der Waals surface area (Å²) >= 11 is 0. The maximum Gasteiger partial charge on any atom is 0.306 e. The first kappa shape index (κ1) is 44.7. The number of hydrogen-bond donors (Lipinski definition) is 4. The van der Waals surface area contributed by atoms with Crippen molar-refractivity contribution < 1.29 is 49.0 Å². The molecule has 0 radical (unpaired) electrons. The third kappa shape index (κ3) is 23.2. The van der Waals surface area contributed by atoms with Crippen molar-refractivity contribution in [3.05, 3.63) is 0 Å². The minimum Gasteiger partial charge on any atom is -0.462 e. The monoisotopic (exact) mass is 689 g/mol. The van der Waals surface area contributed by atoms with Crippen molar-refractivity contribution in [1.29, 1.82) is 0 Å². The van der Waals surface area contributed by atoms with Crippen LogP contribution >= 0.6 is 0 Å². The average molecular weight is 689 g/mol. The third-order valence-corrected chi connectivity index (χ3v) is 9.30. The number of carbonyl (C=O) groups is 2. The van der Waals surface area contributed by atoms with Gasteiger partial charge in [-0.1, -0.05) is 155 Å². The van der Waals surface area contributed by atoms with Gasteiger partial charge in [-0.05, 0) is 6.42 Å². The number of hydrogen-bond acceptors (Lipinski definition) is 10. The second kappa shape index (κ2) is 30.5. The molecule has 284 valence electrons. The van der Waals surface area contributed by atoms with Crippen molar-refractivity contribution in [2.45, 2.75) is 211 Å². The third-order valence-electron chi connectivity index (χ3n) is 9.30. The molecule has 0 saturated carbocycles. The molecule has 0 spiro atoms. The topological polar surface area (TPSA) is 152 Å². The summed E-state index contributed by atoms with van der Waals surface area (Å²) in [6.07, 6.45) is 23.7. The van der Waals surface area contributed by atoms with E-state index in [4.69, 9.17) is 18.9 Å². The van der Waals surface area contributed by atoms with Gasteiger partial charge in [-0.15, -0.1) is 0 Å². The molecule has 4 N–H and O–H groups in total. The lowest BCUT2D eigenvalue weighted by Crippen LogP contribution is -2.59. The minimum absolute atomic E-state index is 0.232. The first-order valence-electron chi connectivity index (χ1n) is 19.5. The summed E-state index contributed by atoms with van der Waals surface area (Å²) < 4.78 is 21.2. The highest BCUT2D eigenvalue weighted by Gasteiger charge is 2.44. The summed E-state index contributed by atoms with van der Waals surface area (Å²) in [5.41, 5.74) is 0. The molecule has 0 aromatic carbocycles. The van der Waals surface area contributed by atoms with Crippen LogP contribution in [0.4, 0.5) is 0 Å². The normalized spacial score (nSPS) is 21.7. The lowest BCUT2D eigenvalue weighted by atomic mass is 9.99. The number of esters is 2. The first-order valence-corrected chi connectivity index (χ1v) is 19.5. The Hall–Kier alpha value is -1.30. The van der Waals surface area contributed by atoms with E-state index in [-0.39, 0.29) is 19.6 Å². The van der Waals surface area contributed by atoms with Crippen molar-refractivity contribution in [3.63, 3.8) is 0 Å². The van der Waals surface area contributed by atoms with E-state index in [0.29, 0.717) is 6.42 Å². The van der Waals surface area contributed by atoms with Crippen LogP contribution in [0.25, 0.3) is 0 Å². The quantitative estimate of drug-likeness (QED) is 0.0427. The van der Waals surface area contributed by atoms with E-state index >= 15 is 0 Å². The first-order chi connectivity index (χ1) is 23.3. The summed E-state index contributed by atoms with van der Waals surface area (Å²) in [6, 6.07) is 0. The number of aliphatic hydroxyl groups is 4. The van der Waals surface area contributed by atoms with Crippen molar-refractivity contribution in [2.75, 3.05) is 19.8 Å². The van der Waals surface area contributed by atoms with Crippen molar-refractivity contribution in [2.24, 2.45) is 0 Å². The molecule has 6 unspecified atom stereocenters. The largest absolute Gasteiger partial charge is 0.462 e. The predicted octanol–water partition coefficient (Wildman–Crippen LogP) is 7.05. The smallest absolute Gasteiger partial charge is 0.306 e. The van der Waals surface area contributed by atoms with Gasteiger partial charge in [-0.25, -0.2) is 0 Å². The summed E-state index contributed by atoms with van der Waals surface area (Å²) in [7, 11) is 0. The molecule has 48 heavy (non-hydrogen) atoms. The Bertz CT molecular complexity index is 764. The Morgan fingerprint density at radius 2 is 1.02 bits per heavy atom. The van der Waals surface area contributed by atoms with Gasteiger partial charge in [0.2, 0.25) is 0 Å². The zero-order valence-corrected chi connectivity index (χ0v) is 30.5. The number of carbonyl (C=O) groups excluding carboxylic acids is 2. The zero-order chi connectivity index (χ0) is 35.2. The van der Waals surface area contributed by atoms with E-state index in [1.165, 1.54) is 135 Å². The van der Waals surface area contributed by atoms with Gasteiger partial charge in [-0.3, -0.25) is 9.59 Å². The highest BCUT2D eigenvalue weighted by molar-refractivity contribution is 5.69. The Labute approximate surface area is 291 Å². The highest BCUT2D eigenvalue weighted by atomic mass is 16.7. The van der Waals surface area contributed by atoms with E-state index in [9.17, 15) is 30.0 Å². The van der Waals surface area contributed by atoms with Gasteiger partial charge in [-0.2, -0.15) is 0 Å². The SMILES string of the molecule is CCCCCCCCCCCCCCCCCCCCCCCCCCC(=O)OC(COC(C)=O)COC1OC(CO)C(O)C(O)C1O. The molecule has 1 aliphatic rings. The molecule has 1 saturated heterocycles. The summed E-state index contributed by atoms with van der Waals surface area (Å²) in [4.78, 5) is 23.7. The van der Waals surface area contributed by atoms with E-state index < -0.39 is 55.4 Å². The predicted molar refractivity (Wildman–Crippen MR) is 187 cm³/mol. The van der Waals surface area contributed by atoms with Crippen molar-refractivity contribution in [1.82, 2.24) is 0 Å². The number of unbranched alkanes of at least 4 members (excludes halogenated alkanes) is 23. The van der Waals surface area contributed by atoms with Crippen LogP contribution < -0.4 is 0 Å². The molecule has 1 fully saturated rings. The summed E-state index contributed by atoms with van der Waals surface area (Å²) in [6.45, 7) is 2.41. The fourth-order valence-electron chi connectivity index (χ4n) is 6.21. The van der Waals surface area contributed by atoms with Crippen LogP contribution in [0.15, 0.2) is 0 Å². The summed E-state index contributed by atoms with van der Waals surface area (Å²) in [5.74, 6) is -0.989. The molecule has 0 amide bonds. The zero-order valence-electron chi connectivity index (χ0n) is 30.5. The van der Waals surface area contributed by atoms with Gasteiger partial charge in [0.15, 0.2) is 12.4 Å². The molecule has 1 rings (SSSR count). The van der Waals surface area contributed by atoms with Gasteiger partial charge in [0.25, 0.3) is 0 Å². The summed E-state index contributed by atoms with van der Waals surface area (Å²) in [5, 5.41) is 39.3. The van der Waals surface area contributed by atoms with Crippen molar-refractivity contribution in [3.8, 4) is 0 Å². The number of rotatable bonds is 32. The molecule has 1 aliphatic heterocycles. The van der Waals surface area contributed by atoms with Gasteiger partial charge in [0.05, 0.1) is 13.2 Å². The maximum atomic E-state index is 12.4. The molecule has 0 aromatic heterocycles. The Morgan fingerprint density at radius 3 is 1.42 bits per heavy atom. The van der Waals surface area contributed by atoms with Gasteiger partial charge in [0.1, 0.15) is 31.0 Å². The average Bonchev–Trinajstić information content (AvgIpc) is 3.07. The molecule has 0 aliphatic carbocycles. The van der Waals surface area contributed by atoms with E-state index in [1.807, 2.05) is 0 Å². The van der Waals surface area contributed by atoms with Crippen molar-refractivity contribution >= 4 is 11.9 Å². The lowest BCUT2D eigenvalue weighted by molar-refractivity contribution is -0.305. The Morgan fingerprint density at radius 1 is 0.604 bits per heavy atom. The van der Waals surface area contributed by atoms with Crippen LogP contribution in [-0.2, 0) is 28.5 Å². The van der Waals surface area contributed by atoms with Crippen LogP contribution in [-0.4, -0.2) is 89.0 Å². The molecule has 10 heteroatoms. The molecular formula is C38H72O10. The fourth-order valence-corrected chi connectivity index (χ4v) is 6.21. The van der Waals surface area contributed by atoms with Crippen LogP contribution in [0, 0.1) is 0 Å². The van der Waals surface area contributed by atoms with Crippen LogP contribution in [0.3, 0.4) is 0 Å². The number of aliphatic hydroxyl groups excluding tert-OH is 4. The fraction of sp³-hybridized carbons (Fsp3) is 0.947. The second-order valence-corrected chi connectivity index (χ2v) is 13.8. The molecule has 0 bridgehead atoms. The number of ether oxygens (including phenoxy) is 4. The van der Waals surface area contributed by atoms with E-state index in [1.54, 1.807) is 0 Å². The molecule has 6 atom stereocenters. The molecular weight excluding hydrogens is 616 g/mol. The van der Waals surface area contributed by atoms with Crippen LogP contribution in [0.2, 0.25) is 0 Å².